The molecule has 0 saturated carbocycles. The molecule has 5 heteroatoms. The van der Waals surface area contributed by atoms with Gasteiger partial charge in [-0.05, 0) is 13.0 Å². The Morgan fingerprint density at radius 3 is 2.70 bits per heavy atom. The van der Waals surface area contributed by atoms with E-state index in [2.05, 4.69) is 10.1 Å². The Morgan fingerprint density at radius 2 is 2.00 bits per heavy atom. The molecule has 20 heavy (non-hydrogen) atoms. The van der Waals surface area contributed by atoms with Crippen LogP contribution in [0.25, 0.3) is 11.4 Å². The molecular weight excluding hydrogens is 256 g/mol. The molecule has 1 aromatic carbocycles. The van der Waals surface area contributed by atoms with Gasteiger partial charge in [0, 0.05) is 5.56 Å². The Morgan fingerprint density at radius 1 is 1.20 bits per heavy atom. The molecule has 0 spiro atoms. The largest absolute Gasteiger partial charge is 0.472 e. The summed E-state index contributed by atoms with van der Waals surface area (Å²) in [5.41, 5.74) is 1.35. The van der Waals surface area contributed by atoms with Crippen molar-refractivity contribution in [1.29, 1.82) is 0 Å². The van der Waals surface area contributed by atoms with Crippen LogP contribution in [-0.2, 0) is 0 Å². The van der Waals surface area contributed by atoms with Gasteiger partial charge in [0.1, 0.15) is 6.26 Å². The zero-order chi connectivity index (χ0) is 13.9. The minimum absolute atomic E-state index is 0.0482. The van der Waals surface area contributed by atoms with Crippen LogP contribution < -0.4 is 0 Å². The van der Waals surface area contributed by atoms with E-state index in [0.29, 0.717) is 17.3 Å². The Balaban J connectivity index is 1.84. The Hall–Kier alpha value is -2.69. The lowest BCUT2D eigenvalue weighted by Gasteiger charge is -2.04. The van der Waals surface area contributed by atoms with Gasteiger partial charge in [0.05, 0.1) is 17.7 Å². The molecule has 0 amide bonds. The number of nitrogens with zero attached hydrogens (tertiary/aromatic N) is 2. The maximum Gasteiger partial charge on any atom is 0.237 e. The van der Waals surface area contributed by atoms with Crippen LogP contribution in [0.1, 0.15) is 29.1 Å². The van der Waals surface area contributed by atoms with E-state index in [1.165, 1.54) is 12.5 Å². The van der Waals surface area contributed by atoms with Crippen LogP contribution >= 0.6 is 0 Å². The van der Waals surface area contributed by atoms with Crippen LogP contribution in [0.15, 0.2) is 57.9 Å². The summed E-state index contributed by atoms with van der Waals surface area (Å²) < 4.78 is 10.1. The molecule has 2 aromatic heterocycles. The van der Waals surface area contributed by atoms with Crippen molar-refractivity contribution in [3.63, 3.8) is 0 Å². The second kappa shape index (κ2) is 5.13. The number of rotatable bonds is 4. The molecule has 0 aliphatic rings. The van der Waals surface area contributed by atoms with Crippen LogP contribution in [0.5, 0.6) is 0 Å². The van der Waals surface area contributed by atoms with Crippen LogP contribution in [0.2, 0.25) is 0 Å². The van der Waals surface area contributed by atoms with E-state index in [9.17, 15) is 4.79 Å². The summed E-state index contributed by atoms with van der Waals surface area (Å²) in [5.74, 6) is 0.190. The van der Waals surface area contributed by atoms with Crippen molar-refractivity contribution in [2.75, 3.05) is 0 Å². The van der Waals surface area contributed by atoms with Gasteiger partial charge >= 0.3 is 0 Å². The van der Waals surface area contributed by atoms with Gasteiger partial charge in [0.15, 0.2) is 5.78 Å². The van der Waals surface area contributed by atoms with E-state index in [-0.39, 0.29) is 5.78 Å². The van der Waals surface area contributed by atoms with Crippen molar-refractivity contribution >= 4 is 5.78 Å². The van der Waals surface area contributed by atoms with Crippen molar-refractivity contribution in [3.8, 4) is 11.4 Å². The highest BCUT2D eigenvalue weighted by atomic mass is 16.5. The number of aromatic nitrogens is 2. The topological polar surface area (TPSA) is 69.1 Å². The smallest absolute Gasteiger partial charge is 0.237 e. The first-order chi connectivity index (χ1) is 9.75. The molecule has 3 aromatic rings. The number of Topliss-reactive ketones (excluding diaryl/α,β-unsaturated/α-hetero) is 1. The standard InChI is InChI=1S/C15H12N2O3/c1-10(13(18)11-5-3-2-4-6-11)15-16-14(17-20-15)12-7-8-19-9-12/h2-10H,1H3. The molecule has 1 atom stereocenters. The van der Waals surface area contributed by atoms with Crippen LogP contribution in [0, 0.1) is 0 Å². The Labute approximate surface area is 115 Å². The molecule has 1 unspecified atom stereocenters. The second-order valence-electron chi connectivity index (χ2n) is 4.42. The molecule has 0 aliphatic carbocycles. The first kappa shape index (κ1) is 12.3. The highest BCUT2D eigenvalue weighted by molar-refractivity contribution is 6.00. The summed E-state index contributed by atoms with van der Waals surface area (Å²) in [5, 5.41) is 3.86. The molecular formula is C15H12N2O3. The molecule has 0 radical (unpaired) electrons. The van der Waals surface area contributed by atoms with Gasteiger partial charge in [-0.2, -0.15) is 4.98 Å². The highest BCUT2D eigenvalue weighted by Gasteiger charge is 2.23. The molecule has 3 rings (SSSR count). The maximum atomic E-state index is 12.3. The molecule has 100 valence electrons. The van der Waals surface area contributed by atoms with E-state index in [4.69, 9.17) is 8.94 Å². The van der Waals surface area contributed by atoms with Gasteiger partial charge in [0.2, 0.25) is 11.7 Å². The minimum atomic E-state index is -0.481. The van der Waals surface area contributed by atoms with Crippen molar-refractivity contribution in [1.82, 2.24) is 10.1 Å². The molecule has 0 aliphatic heterocycles. The Bertz CT molecular complexity index is 702. The van der Waals surface area contributed by atoms with Gasteiger partial charge in [-0.3, -0.25) is 4.79 Å². The number of benzene rings is 1. The number of furan rings is 1. The van der Waals surface area contributed by atoms with Crippen LogP contribution in [0.4, 0.5) is 0 Å². The minimum Gasteiger partial charge on any atom is -0.472 e. The van der Waals surface area contributed by atoms with E-state index >= 15 is 0 Å². The SMILES string of the molecule is CC(C(=O)c1ccccc1)c1nc(-c2ccoc2)no1. The third-order valence-electron chi connectivity index (χ3n) is 3.04. The lowest BCUT2D eigenvalue weighted by molar-refractivity contribution is 0.0951. The summed E-state index contributed by atoms with van der Waals surface area (Å²) in [6, 6.07) is 10.8. The number of ketones is 1. The molecule has 0 fully saturated rings. The molecule has 2 heterocycles. The normalized spacial score (nSPS) is 12.2. The van der Waals surface area contributed by atoms with Gasteiger partial charge in [-0.1, -0.05) is 35.5 Å². The first-order valence-electron chi connectivity index (χ1n) is 6.21. The highest BCUT2D eigenvalue weighted by Crippen LogP contribution is 2.22. The fraction of sp³-hybridized carbons (Fsp3) is 0.133. The Kier molecular flexibility index (Phi) is 3.16. The predicted octanol–water partition coefficient (Wildman–Crippen LogP) is 3.32. The zero-order valence-electron chi connectivity index (χ0n) is 10.8. The van der Waals surface area contributed by atoms with Gasteiger partial charge < -0.3 is 8.94 Å². The van der Waals surface area contributed by atoms with E-state index in [1.54, 1.807) is 25.1 Å². The lowest BCUT2D eigenvalue weighted by atomic mass is 9.99. The van der Waals surface area contributed by atoms with Crippen molar-refractivity contribution in [2.45, 2.75) is 12.8 Å². The summed E-state index contributed by atoms with van der Waals surface area (Å²) in [6.07, 6.45) is 3.06. The second-order valence-corrected chi connectivity index (χ2v) is 4.42. The molecule has 0 saturated heterocycles. The van der Waals surface area contributed by atoms with Crippen LogP contribution in [-0.4, -0.2) is 15.9 Å². The average Bonchev–Trinajstić information content (AvgIpc) is 3.17. The van der Waals surface area contributed by atoms with E-state index in [0.717, 1.165) is 5.56 Å². The average molecular weight is 268 g/mol. The quantitative estimate of drug-likeness (QED) is 0.679. The summed E-state index contributed by atoms with van der Waals surface area (Å²) in [7, 11) is 0. The fourth-order valence-electron chi connectivity index (χ4n) is 1.88. The summed E-state index contributed by atoms with van der Waals surface area (Å²) >= 11 is 0. The number of carbonyl (C=O) groups excluding carboxylic acids is 1. The predicted molar refractivity (Wildman–Crippen MR) is 71.2 cm³/mol. The summed E-state index contributed by atoms with van der Waals surface area (Å²) in [4.78, 5) is 16.5. The maximum absolute atomic E-state index is 12.3. The van der Waals surface area contributed by atoms with Crippen molar-refractivity contribution in [2.24, 2.45) is 0 Å². The van der Waals surface area contributed by atoms with Crippen molar-refractivity contribution in [3.05, 3.63) is 60.4 Å². The van der Waals surface area contributed by atoms with E-state index < -0.39 is 5.92 Å². The number of hydrogen-bond donors (Lipinski definition) is 0. The first-order valence-corrected chi connectivity index (χ1v) is 6.21. The van der Waals surface area contributed by atoms with Gasteiger partial charge in [-0.25, -0.2) is 0 Å². The van der Waals surface area contributed by atoms with Gasteiger partial charge in [0.25, 0.3) is 0 Å². The fourth-order valence-corrected chi connectivity index (χ4v) is 1.88. The lowest BCUT2D eigenvalue weighted by Crippen LogP contribution is -2.09. The third kappa shape index (κ3) is 2.25. The molecule has 0 N–H and O–H groups in total. The molecule has 0 bridgehead atoms. The van der Waals surface area contributed by atoms with Gasteiger partial charge in [-0.15, -0.1) is 0 Å². The monoisotopic (exact) mass is 268 g/mol. The van der Waals surface area contributed by atoms with Crippen LogP contribution in [0.3, 0.4) is 0 Å². The zero-order valence-corrected chi connectivity index (χ0v) is 10.8. The van der Waals surface area contributed by atoms with E-state index in [1.807, 2.05) is 18.2 Å². The molecule has 5 nitrogen and oxygen atoms in total. The third-order valence-corrected chi connectivity index (χ3v) is 3.04. The number of hydrogen-bond acceptors (Lipinski definition) is 5. The van der Waals surface area contributed by atoms with Crippen molar-refractivity contribution < 1.29 is 13.7 Å². The summed E-state index contributed by atoms with van der Waals surface area (Å²) in [6.45, 7) is 1.75. The number of carbonyl (C=O) groups is 1.